The topological polar surface area (TPSA) is 81.6 Å². The van der Waals surface area contributed by atoms with E-state index in [2.05, 4.69) is 15.5 Å². The molecule has 1 rings (SSSR count). The van der Waals surface area contributed by atoms with Gasteiger partial charge >= 0.3 is 0 Å². The molecule has 0 aliphatic heterocycles. The maximum absolute atomic E-state index is 12.0. The lowest BCUT2D eigenvalue weighted by atomic mass is 9.89. The Balaban J connectivity index is 2.89. The van der Waals surface area contributed by atoms with Gasteiger partial charge in [0.25, 0.3) is 5.91 Å². The van der Waals surface area contributed by atoms with Crippen LogP contribution in [0.25, 0.3) is 0 Å². The molecule has 17 heavy (non-hydrogen) atoms. The molecule has 0 saturated heterocycles. The molecule has 92 valence electrons. The minimum Gasteiger partial charge on any atom is -0.345 e. The van der Waals surface area contributed by atoms with Gasteiger partial charge in [0.2, 0.25) is 0 Å². The highest BCUT2D eigenvalue weighted by Gasteiger charge is 2.27. The number of aromatic nitrogens is 2. The van der Waals surface area contributed by atoms with E-state index in [0.717, 1.165) is 19.3 Å². The molecule has 1 amide bonds. The monoisotopic (exact) mass is 234 g/mol. The number of carbonyl (C=O) groups excluding carboxylic acids is 1. The lowest BCUT2D eigenvalue weighted by molar-refractivity contribution is 0.0882. The summed E-state index contributed by atoms with van der Waals surface area (Å²) < 4.78 is 0. The first kappa shape index (κ1) is 13.2. The number of H-pyrrole nitrogens is 1. The number of hydrogen-bond acceptors (Lipinski definition) is 3. The maximum Gasteiger partial charge on any atom is 0.271 e. The van der Waals surface area contributed by atoms with Crippen molar-refractivity contribution < 1.29 is 4.79 Å². The quantitative estimate of drug-likeness (QED) is 0.817. The van der Waals surface area contributed by atoms with Gasteiger partial charge in [-0.05, 0) is 19.3 Å². The average Bonchev–Trinajstić information content (AvgIpc) is 2.84. The van der Waals surface area contributed by atoms with Crippen LogP contribution in [0.15, 0.2) is 6.20 Å². The summed E-state index contributed by atoms with van der Waals surface area (Å²) in [7, 11) is 0. The fraction of sp³-hybridized carbons (Fsp3) is 0.583. The third-order valence-corrected chi connectivity index (χ3v) is 3.40. The largest absolute Gasteiger partial charge is 0.345 e. The van der Waals surface area contributed by atoms with Crippen LogP contribution < -0.4 is 5.32 Å². The molecule has 5 nitrogen and oxygen atoms in total. The molecular formula is C12H18N4O. The van der Waals surface area contributed by atoms with Gasteiger partial charge in [0, 0.05) is 5.54 Å². The van der Waals surface area contributed by atoms with Gasteiger partial charge in [0.1, 0.15) is 17.3 Å². The summed E-state index contributed by atoms with van der Waals surface area (Å²) in [4.78, 5) is 12.0. The van der Waals surface area contributed by atoms with Crippen LogP contribution in [-0.4, -0.2) is 21.6 Å². The van der Waals surface area contributed by atoms with Crippen LogP contribution >= 0.6 is 0 Å². The van der Waals surface area contributed by atoms with Crippen molar-refractivity contribution in [1.82, 2.24) is 15.5 Å². The number of nitriles is 1. The van der Waals surface area contributed by atoms with Crippen LogP contribution in [-0.2, 0) is 0 Å². The van der Waals surface area contributed by atoms with Crippen molar-refractivity contribution in [2.24, 2.45) is 0 Å². The van der Waals surface area contributed by atoms with Gasteiger partial charge in [0.15, 0.2) is 0 Å². The number of rotatable bonds is 5. The highest BCUT2D eigenvalue weighted by Crippen LogP contribution is 2.20. The van der Waals surface area contributed by atoms with Gasteiger partial charge in [-0.3, -0.25) is 9.89 Å². The second kappa shape index (κ2) is 5.48. The summed E-state index contributed by atoms with van der Waals surface area (Å²) in [5.74, 6) is -0.260. The Bertz CT molecular complexity index is 418. The third kappa shape index (κ3) is 2.64. The van der Waals surface area contributed by atoms with Crippen molar-refractivity contribution in [3.8, 4) is 6.07 Å². The van der Waals surface area contributed by atoms with Crippen molar-refractivity contribution in [3.63, 3.8) is 0 Å². The van der Waals surface area contributed by atoms with Gasteiger partial charge in [-0.15, -0.1) is 0 Å². The summed E-state index contributed by atoms with van der Waals surface area (Å²) in [5, 5.41) is 18.1. The van der Waals surface area contributed by atoms with E-state index in [0.29, 0.717) is 0 Å². The first-order valence-electron chi connectivity index (χ1n) is 5.88. The van der Waals surface area contributed by atoms with E-state index >= 15 is 0 Å². The Kier molecular flexibility index (Phi) is 4.27. The summed E-state index contributed by atoms with van der Waals surface area (Å²) >= 11 is 0. The average molecular weight is 234 g/mol. The van der Waals surface area contributed by atoms with Crippen molar-refractivity contribution in [2.75, 3.05) is 0 Å². The van der Waals surface area contributed by atoms with Gasteiger partial charge in [-0.1, -0.05) is 20.8 Å². The Morgan fingerprint density at radius 3 is 2.53 bits per heavy atom. The Labute approximate surface area is 101 Å². The zero-order valence-electron chi connectivity index (χ0n) is 10.5. The molecule has 0 unspecified atom stereocenters. The highest BCUT2D eigenvalue weighted by molar-refractivity contribution is 5.95. The lowest BCUT2D eigenvalue weighted by Crippen LogP contribution is -2.47. The predicted octanol–water partition coefficient (Wildman–Crippen LogP) is 1.98. The van der Waals surface area contributed by atoms with Crippen LogP contribution in [0.3, 0.4) is 0 Å². The standard InChI is InChI=1S/C12H18N4O/c1-4-12(5-2,6-3)15-11(17)10-9(7-13)8-14-16-10/h8H,4-6H2,1-3H3,(H,14,16)(H,15,17). The van der Waals surface area contributed by atoms with Crippen molar-refractivity contribution in [3.05, 3.63) is 17.5 Å². The van der Waals surface area contributed by atoms with Crippen LogP contribution in [0.1, 0.15) is 56.1 Å². The minimum atomic E-state index is -0.260. The number of amides is 1. The van der Waals surface area contributed by atoms with E-state index in [9.17, 15) is 4.79 Å². The van der Waals surface area contributed by atoms with Gasteiger partial charge in [-0.2, -0.15) is 10.4 Å². The third-order valence-electron chi connectivity index (χ3n) is 3.40. The zero-order chi connectivity index (χ0) is 12.9. The zero-order valence-corrected chi connectivity index (χ0v) is 10.5. The Morgan fingerprint density at radius 2 is 2.06 bits per heavy atom. The molecule has 0 aliphatic carbocycles. The molecule has 0 fully saturated rings. The van der Waals surface area contributed by atoms with Crippen LogP contribution in [0, 0.1) is 11.3 Å². The molecule has 0 atom stereocenters. The lowest BCUT2D eigenvalue weighted by Gasteiger charge is -2.31. The summed E-state index contributed by atoms with van der Waals surface area (Å²) in [6, 6.07) is 1.94. The number of carbonyl (C=O) groups is 1. The Morgan fingerprint density at radius 1 is 1.47 bits per heavy atom. The first-order valence-corrected chi connectivity index (χ1v) is 5.88. The number of aromatic amines is 1. The van der Waals surface area contributed by atoms with Crippen LogP contribution in [0.5, 0.6) is 0 Å². The van der Waals surface area contributed by atoms with Crippen molar-refractivity contribution in [1.29, 1.82) is 5.26 Å². The first-order chi connectivity index (χ1) is 8.12. The van der Waals surface area contributed by atoms with E-state index in [1.165, 1.54) is 6.20 Å². The van der Waals surface area contributed by atoms with Crippen molar-refractivity contribution in [2.45, 2.75) is 45.6 Å². The number of nitrogens with zero attached hydrogens (tertiary/aromatic N) is 2. The smallest absolute Gasteiger partial charge is 0.271 e. The Hall–Kier alpha value is -1.83. The molecule has 0 spiro atoms. The molecule has 0 aromatic carbocycles. The SMILES string of the molecule is CCC(CC)(CC)NC(=O)c1[nH]ncc1C#N. The highest BCUT2D eigenvalue weighted by atomic mass is 16.2. The molecule has 0 aliphatic rings. The fourth-order valence-electron chi connectivity index (χ4n) is 1.86. The molecule has 0 radical (unpaired) electrons. The van der Waals surface area contributed by atoms with E-state index in [4.69, 9.17) is 5.26 Å². The molecule has 1 aromatic rings. The van der Waals surface area contributed by atoms with E-state index < -0.39 is 0 Å². The fourth-order valence-corrected chi connectivity index (χ4v) is 1.86. The molecule has 0 bridgehead atoms. The normalized spacial score (nSPS) is 10.9. The van der Waals surface area contributed by atoms with Crippen molar-refractivity contribution >= 4 is 5.91 Å². The number of nitrogens with one attached hydrogen (secondary N) is 2. The maximum atomic E-state index is 12.0. The van der Waals surface area contributed by atoms with Gasteiger partial charge < -0.3 is 5.32 Å². The van der Waals surface area contributed by atoms with Crippen LogP contribution in [0.4, 0.5) is 0 Å². The van der Waals surface area contributed by atoms with Gasteiger partial charge in [-0.25, -0.2) is 0 Å². The minimum absolute atomic E-state index is 0.199. The van der Waals surface area contributed by atoms with E-state index in [1.807, 2.05) is 26.8 Å². The molecule has 1 aromatic heterocycles. The molecule has 0 saturated carbocycles. The predicted molar refractivity (Wildman–Crippen MR) is 64.4 cm³/mol. The molecule has 1 heterocycles. The second-order valence-corrected chi connectivity index (χ2v) is 4.07. The number of hydrogen-bond donors (Lipinski definition) is 2. The summed E-state index contributed by atoms with van der Waals surface area (Å²) in [6.07, 6.45) is 3.95. The molecular weight excluding hydrogens is 216 g/mol. The summed E-state index contributed by atoms with van der Waals surface area (Å²) in [5.41, 5.74) is 0.321. The van der Waals surface area contributed by atoms with Crippen LogP contribution in [0.2, 0.25) is 0 Å². The molecule has 2 N–H and O–H groups in total. The molecule has 5 heteroatoms. The van der Waals surface area contributed by atoms with E-state index in [-0.39, 0.29) is 22.7 Å². The second-order valence-electron chi connectivity index (χ2n) is 4.07. The van der Waals surface area contributed by atoms with Gasteiger partial charge in [0.05, 0.1) is 6.20 Å². The summed E-state index contributed by atoms with van der Waals surface area (Å²) in [6.45, 7) is 6.14. The van der Waals surface area contributed by atoms with E-state index in [1.54, 1.807) is 0 Å².